The molecule has 0 bridgehead atoms. The van der Waals surface area contributed by atoms with Gasteiger partial charge in [0.1, 0.15) is 17.0 Å². The molecule has 0 N–H and O–H groups in total. The molecular formula is C25H31N5OS. The fraction of sp³-hybridized carbons (Fsp3) is 0.480. The monoisotopic (exact) mass is 449 g/mol. The first-order chi connectivity index (χ1) is 15.7. The van der Waals surface area contributed by atoms with E-state index in [1.807, 2.05) is 0 Å². The van der Waals surface area contributed by atoms with Gasteiger partial charge in [-0.3, -0.25) is 9.69 Å². The predicted octanol–water partition coefficient (Wildman–Crippen LogP) is 3.81. The van der Waals surface area contributed by atoms with Gasteiger partial charge in [-0.15, -0.1) is 11.3 Å². The summed E-state index contributed by atoms with van der Waals surface area (Å²) in [6.45, 7) is 8.38. The maximum atomic E-state index is 13.4. The third kappa shape index (κ3) is 4.50. The van der Waals surface area contributed by atoms with Crippen molar-refractivity contribution in [1.82, 2.24) is 19.8 Å². The van der Waals surface area contributed by atoms with Gasteiger partial charge in [0, 0.05) is 50.7 Å². The molecule has 0 unspecified atom stereocenters. The van der Waals surface area contributed by atoms with E-state index in [0.29, 0.717) is 5.91 Å². The number of anilines is 1. The van der Waals surface area contributed by atoms with Crippen LogP contribution in [-0.2, 0) is 17.8 Å². The molecule has 2 fully saturated rings. The Morgan fingerprint density at radius 2 is 1.91 bits per heavy atom. The van der Waals surface area contributed by atoms with Crippen molar-refractivity contribution in [2.24, 2.45) is 5.92 Å². The molecule has 2 aromatic heterocycles. The summed E-state index contributed by atoms with van der Waals surface area (Å²) < 4.78 is 0. The van der Waals surface area contributed by atoms with Crippen LogP contribution in [0.25, 0.3) is 10.2 Å². The Hall–Kier alpha value is -2.51. The summed E-state index contributed by atoms with van der Waals surface area (Å²) in [5, 5.41) is 1.14. The Bertz CT molecular complexity index is 1060. The third-order valence-electron chi connectivity index (χ3n) is 6.71. The number of aromatic nitrogens is 2. The fourth-order valence-electron chi connectivity index (χ4n) is 4.92. The van der Waals surface area contributed by atoms with Crippen molar-refractivity contribution < 1.29 is 4.79 Å². The minimum atomic E-state index is 0.0544. The number of piperazine rings is 1. The number of piperidine rings is 1. The first-order valence-corrected chi connectivity index (χ1v) is 12.6. The predicted molar refractivity (Wildman–Crippen MR) is 130 cm³/mol. The molecule has 3 aromatic rings. The second-order valence-electron chi connectivity index (χ2n) is 8.85. The van der Waals surface area contributed by atoms with Gasteiger partial charge in [0.15, 0.2) is 0 Å². The zero-order valence-corrected chi connectivity index (χ0v) is 19.6. The van der Waals surface area contributed by atoms with Gasteiger partial charge in [-0.25, -0.2) is 9.97 Å². The lowest BCUT2D eigenvalue weighted by Gasteiger charge is -2.39. The maximum absolute atomic E-state index is 13.4. The normalized spacial score (nSPS) is 20.1. The highest BCUT2D eigenvalue weighted by Gasteiger charge is 2.32. The van der Waals surface area contributed by atoms with Gasteiger partial charge in [0.25, 0.3) is 0 Å². The van der Waals surface area contributed by atoms with E-state index in [2.05, 4.69) is 68.0 Å². The highest BCUT2D eigenvalue weighted by atomic mass is 32.1. The minimum Gasteiger partial charge on any atom is -0.355 e. The molecule has 6 nitrogen and oxygen atoms in total. The summed E-state index contributed by atoms with van der Waals surface area (Å²) in [4.78, 5) is 31.7. The number of aryl methyl sites for hydroxylation is 1. The van der Waals surface area contributed by atoms with E-state index in [9.17, 15) is 4.79 Å². The van der Waals surface area contributed by atoms with Gasteiger partial charge in [0.05, 0.1) is 11.3 Å². The fourth-order valence-corrected chi connectivity index (χ4v) is 5.85. The Morgan fingerprint density at radius 3 is 2.69 bits per heavy atom. The second kappa shape index (κ2) is 9.55. The average molecular weight is 450 g/mol. The number of thiophene rings is 1. The average Bonchev–Trinajstić information content (AvgIpc) is 3.28. The van der Waals surface area contributed by atoms with Crippen LogP contribution >= 0.6 is 11.3 Å². The Kier molecular flexibility index (Phi) is 6.37. The van der Waals surface area contributed by atoms with E-state index in [1.165, 1.54) is 10.4 Å². The molecule has 0 spiro atoms. The lowest BCUT2D eigenvalue weighted by atomic mass is 9.96. The molecule has 2 saturated heterocycles. The summed E-state index contributed by atoms with van der Waals surface area (Å²) in [7, 11) is 0. The van der Waals surface area contributed by atoms with Crippen LogP contribution in [0.2, 0.25) is 0 Å². The van der Waals surface area contributed by atoms with E-state index in [4.69, 9.17) is 0 Å². The summed E-state index contributed by atoms with van der Waals surface area (Å²) >= 11 is 1.75. The summed E-state index contributed by atoms with van der Waals surface area (Å²) in [5.74, 6) is 1.37. The topological polar surface area (TPSA) is 52.6 Å². The summed E-state index contributed by atoms with van der Waals surface area (Å²) in [6, 6.07) is 12.8. The van der Waals surface area contributed by atoms with Crippen LogP contribution in [0.5, 0.6) is 0 Å². The lowest BCUT2D eigenvalue weighted by molar-refractivity contribution is -0.137. The van der Waals surface area contributed by atoms with Crippen LogP contribution in [0.3, 0.4) is 0 Å². The largest absolute Gasteiger partial charge is 0.355 e. The Labute approximate surface area is 193 Å². The van der Waals surface area contributed by atoms with Crippen molar-refractivity contribution >= 4 is 33.3 Å². The molecule has 0 aliphatic carbocycles. The van der Waals surface area contributed by atoms with Gasteiger partial charge in [-0.05, 0) is 30.9 Å². The SMILES string of the molecule is CCc1cc2c(N3CCC[C@@H](C(=O)N4CCN(Cc5ccccc5)CC4)C3)ncnc2s1. The molecule has 1 atom stereocenters. The highest BCUT2D eigenvalue weighted by molar-refractivity contribution is 7.18. The van der Waals surface area contributed by atoms with E-state index >= 15 is 0 Å². The zero-order chi connectivity index (χ0) is 21.9. The van der Waals surface area contributed by atoms with Gasteiger partial charge in [-0.1, -0.05) is 37.3 Å². The number of rotatable bonds is 5. The first-order valence-electron chi connectivity index (χ1n) is 11.7. The number of benzene rings is 1. The van der Waals surface area contributed by atoms with E-state index in [-0.39, 0.29) is 5.92 Å². The zero-order valence-electron chi connectivity index (χ0n) is 18.7. The van der Waals surface area contributed by atoms with Crippen molar-refractivity contribution in [3.63, 3.8) is 0 Å². The Balaban J connectivity index is 1.21. The van der Waals surface area contributed by atoms with Gasteiger partial charge < -0.3 is 9.80 Å². The Morgan fingerprint density at radius 1 is 1.09 bits per heavy atom. The summed E-state index contributed by atoms with van der Waals surface area (Å²) in [6.07, 6.45) is 4.68. The number of fused-ring (bicyclic) bond motifs is 1. The quantitative estimate of drug-likeness (QED) is 0.593. The smallest absolute Gasteiger partial charge is 0.227 e. The van der Waals surface area contributed by atoms with Crippen LogP contribution < -0.4 is 4.90 Å². The highest BCUT2D eigenvalue weighted by Crippen LogP contribution is 2.33. The molecule has 5 rings (SSSR count). The van der Waals surface area contributed by atoms with E-state index < -0.39 is 0 Å². The molecule has 7 heteroatoms. The summed E-state index contributed by atoms with van der Waals surface area (Å²) in [5.41, 5.74) is 1.34. The van der Waals surface area contributed by atoms with Gasteiger partial charge in [-0.2, -0.15) is 0 Å². The van der Waals surface area contributed by atoms with Gasteiger partial charge in [0.2, 0.25) is 5.91 Å². The number of hydrogen-bond acceptors (Lipinski definition) is 6. The van der Waals surface area contributed by atoms with Crippen molar-refractivity contribution in [1.29, 1.82) is 0 Å². The van der Waals surface area contributed by atoms with Gasteiger partial charge >= 0.3 is 0 Å². The minimum absolute atomic E-state index is 0.0544. The van der Waals surface area contributed by atoms with Crippen LogP contribution in [0.1, 0.15) is 30.2 Å². The van der Waals surface area contributed by atoms with E-state index in [1.54, 1.807) is 17.7 Å². The van der Waals surface area contributed by atoms with Crippen LogP contribution in [0, 0.1) is 5.92 Å². The maximum Gasteiger partial charge on any atom is 0.227 e. The molecular weight excluding hydrogens is 418 g/mol. The molecule has 168 valence electrons. The second-order valence-corrected chi connectivity index (χ2v) is 9.97. The van der Waals surface area contributed by atoms with E-state index in [0.717, 1.165) is 81.1 Å². The number of carbonyl (C=O) groups is 1. The van der Waals surface area contributed by atoms with Crippen LogP contribution in [0.15, 0.2) is 42.7 Å². The first kappa shape index (κ1) is 21.3. The number of hydrogen-bond donors (Lipinski definition) is 0. The molecule has 0 radical (unpaired) electrons. The van der Waals surface area contributed by atoms with Crippen LogP contribution in [-0.4, -0.2) is 64.9 Å². The molecule has 1 aromatic carbocycles. The molecule has 4 heterocycles. The molecule has 1 amide bonds. The number of carbonyl (C=O) groups excluding carboxylic acids is 1. The number of nitrogens with zero attached hydrogens (tertiary/aromatic N) is 5. The lowest BCUT2D eigenvalue weighted by Crippen LogP contribution is -2.52. The van der Waals surface area contributed by atoms with Crippen molar-refractivity contribution in [2.75, 3.05) is 44.2 Å². The van der Waals surface area contributed by atoms with Crippen LogP contribution in [0.4, 0.5) is 5.82 Å². The van der Waals surface area contributed by atoms with Crippen molar-refractivity contribution in [2.45, 2.75) is 32.7 Å². The molecule has 0 saturated carbocycles. The molecule has 2 aliphatic heterocycles. The van der Waals surface area contributed by atoms with Crippen molar-refractivity contribution in [3.8, 4) is 0 Å². The standard InChI is InChI=1S/C25H31N5OS/c1-2-21-15-22-23(26-18-27-24(22)32-21)30-10-6-9-20(17-30)25(31)29-13-11-28(12-14-29)16-19-7-4-3-5-8-19/h3-5,7-8,15,18,20H,2,6,9-14,16-17H2,1H3/t20-/m1/s1. The van der Waals surface area contributed by atoms with Crippen molar-refractivity contribution in [3.05, 3.63) is 53.2 Å². The molecule has 32 heavy (non-hydrogen) atoms. The number of amides is 1. The molecule has 2 aliphatic rings. The third-order valence-corrected chi connectivity index (χ3v) is 7.90.